The number of hydrogen-bond donors (Lipinski definition) is 2. The summed E-state index contributed by atoms with van der Waals surface area (Å²) in [6.07, 6.45) is 8.62. The number of nitrogens with one attached hydrogen (secondary N) is 2. The first-order chi connectivity index (χ1) is 9.76. The molecule has 2 N–H and O–H groups in total. The van der Waals surface area contributed by atoms with E-state index in [-0.39, 0.29) is 24.0 Å². The maximum atomic E-state index is 4.28. The Hall–Kier alpha value is 0.310. The zero-order valence-corrected chi connectivity index (χ0v) is 17.0. The van der Waals surface area contributed by atoms with Crippen molar-refractivity contribution in [2.45, 2.75) is 32.1 Å². The minimum Gasteiger partial charge on any atom is -0.356 e. The van der Waals surface area contributed by atoms with E-state index >= 15 is 0 Å². The molecule has 0 aromatic heterocycles. The van der Waals surface area contributed by atoms with Gasteiger partial charge in [0.1, 0.15) is 0 Å². The third-order valence-electron chi connectivity index (χ3n) is 3.97. The Labute approximate surface area is 152 Å². The molecule has 1 aliphatic heterocycles. The predicted octanol–water partition coefficient (Wildman–Crippen LogP) is 2.64. The third kappa shape index (κ3) is 10.6. The van der Waals surface area contributed by atoms with Gasteiger partial charge in [-0.3, -0.25) is 4.99 Å². The summed E-state index contributed by atoms with van der Waals surface area (Å²) in [5.74, 6) is 3.10. The van der Waals surface area contributed by atoms with E-state index in [4.69, 9.17) is 0 Å². The first kappa shape index (κ1) is 21.3. The smallest absolute Gasteiger partial charge is 0.190 e. The van der Waals surface area contributed by atoms with Gasteiger partial charge >= 0.3 is 0 Å². The van der Waals surface area contributed by atoms with Crippen LogP contribution in [0.5, 0.6) is 0 Å². The van der Waals surface area contributed by atoms with Gasteiger partial charge in [-0.2, -0.15) is 11.8 Å². The molecule has 0 unspecified atom stereocenters. The van der Waals surface area contributed by atoms with E-state index in [0.29, 0.717) is 0 Å². The van der Waals surface area contributed by atoms with Crippen LogP contribution in [-0.4, -0.2) is 63.1 Å². The molecular weight excluding hydrogens is 395 g/mol. The molecule has 0 radical (unpaired) electrons. The number of aliphatic imine (C=N–C) groups is 1. The number of hydrogen-bond acceptors (Lipinski definition) is 3. The van der Waals surface area contributed by atoms with Crippen molar-refractivity contribution in [1.82, 2.24) is 15.5 Å². The van der Waals surface area contributed by atoms with Crippen molar-refractivity contribution in [3.05, 3.63) is 0 Å². The van der Waals surface area contributed by atoms with E-state index in [1.165, 1.54) is 50.9 Å². The molecule has 0 atom stereocenters. The molecule has 0 amide bonds. The minimum atomic E-state index is 0. The van der Waals surface area contributed by atoms with Crippen molar-refractivity contribution in [3.8, 4) is 0 Å². The van der Waals surface area contributed by atoms with Gasteiger partial charge in [-0.25, -0.2) is 0 Å². The summed E-state index contributed by atoms with van der Waals surface area (Å²) in [5, 5.41) is 6.83. The van der Waals surface area contributed by atoms with Gasteiger partial charge in [-0.05, 0) is 70.2 Å². The summed E-state index contributed by atoms with van der Waals surface area (Å²) >= 11 is 1.92. The number of nitrogens with zero attached hydrogens (tertiary/aromatic N) is 2. The first-order valence-electron chi connectivity index (χ1n) is 7.88. The van der Waals surface area contributed by atoms with Gasteiger partial charge in [0.15, 0.2) is 5.96 Å². The topological polar surface area (TPSA) is 39.7 Å². The highest BCUT2D eigenvalue weighted by molar-refractivity contribution is 14.0. The van der Waals surface area contributed by atoms with E-state index in [2.05, 4.69) is 33.8 Å². The summed E-state index contributed by atoms with van der Waals surface area (Å²) in [4.78, 5) is 6.71. The van der Waals surface area contributed by atoms with E-state index in [1.54, 1.807) is 0 Å². The van der Waals surface area contributed by atoms with Crippen molar-refractivity contribution < 1.29 is 0 Å². The van der Waals surface area contributed by atoms with Gasteiger partial charge in [-0.15, -0.1) is 24.0 Å². The van der Waals surface area contributed by atoms with Gasteiger partial charge in [0.2, 0.25) is 0 Å². The fourth-order valence-corrected chi connectivity index (χ4v) is 3.04. The summed E-state index contributed by atoms with van der Waals surface area (Å²) < 4.78 is 0. The van der Waals surface area contributed by atoms with E-state index < -0.39 is 0 Å². The van der Waals surface area contributed by atoms with Gasteiger partial charge < -0.3 is 15.5 Å². The number of halogens is 1. The number of guanidine groups is 1. The van der Waals surface area contributed by atoms with Gasteiger partial charge in [0.25, 0.3) is 0 Å². The maximum absolute atomic E-state index is 4.28. The maximum Gasteiger partial charge on any atom is 0.190 e. The van der Waals surface area contributed by atoms with Crippen LogP contribution in [0.4, 0.5) is 0 Å². The summed E-state index contributed by atoms with van der Waals surface area (Å²) in [6, 6.07) is 0. The van der Waals surface area contributed by atoms with Crippen LogP contribution in [0.3, 0.4) is 0 Å². The van der Waals surface area contributed by atoms with Crippen LogP contribution in [0.15, 0.2) is 4.99 Å². The Morgan fingerprint density at radius 1 is 1.19 bits per heavy atom. The number of thioether (sulfide) groups is 1. The van der Waals surface area contributed by atoms with Crippen LogP contribution in [-0.2, 0) is 0 Å². The van der Waals surface area contributed by atoms with E-state index in [9.17, 15) is 0 Å². The average Bonchev–Trinajstić information content (AvgIpc) is 2.47. The minimum absolute atomic E-state index is 0. The van der Waals surface area contributed by atoms with E-state index in [0.717, 1.165) is 25.0 Å². The quantitative estimate of drug-likeness (QED) is 0.270. The Morgan fingerprint density at radius 2 is 1.86 bits per heavy atom. The Kier molecular flexibility index (Phi) is 14.1. The van der Waals surface area contributed by atoms with Crippen molar-refractivity contribution in [2.75, 3.05) is 52.3 Å². The van der Waals surface area contributed by atoms with Crippen LogP contribution in [0, 0.1) is 5.92 Å². The molecule has 0 aromatic rings. The molecular formula is C15H33IN4S. The lowest BCUT2D eigenvalue weighted by atomic mass is 9.94. The Balaban J connectivity index is 0.00000400. The second-order valence-corrected chi connectivity index (χ2v) is 6.65. The lowest BCUT2D eigenvalue weighted by Gasteiger charge is -2.29. The van der Waals surface area contributed by atoms with Crippen LogP contribution < -0.4 is 10.6 Å². The number of unbranched alkanes of at least 4 members (excludes halogenated alkanes) is 1. The molecule has 4 nitrogen and oxygen atoms in total. The molecule has 1 heterocycles. The molecule has 1 aliphatic rings. The van der Waals surface area contributed by atoms with Crippen molar-refractivity contribution in [2.24, 2.45) is 10.9 Å². The largest absolute Gasteiger partial charge is 0.356 e. The molecule has 1 saturated heterocycles. The number of rotatable bonds is 8. The highest BCUT2D eigenvalue weighted by Gasteiger charge is 2.15. The molecule has 1 rings (SSSR count). The lowest BCUT2D eigenvalue weighted by molar-refractivity contribution is 0.213. The highest BCUT2D eigenvalue weighted by atomic mass is 127. The fraction of sp³-hybridized carbons (Fsp3) is 0.933. The molecule has 0 aliphatic carbocycles. The monoisotopic (exact) mass is 428 g/mol. The molecule has 126 valence electrons. The SMILES string of the molecule is CN=C(NCCCCSC)NCCC1CCN(C)CC1.I. The lowest BCUT2D eigenvalue weighted by Crippen LogP contribution is -2.39. The molecule has 0 saturated carbocycles. The highest BCUT2D eigenvalue weighted by Crippen LogP contribution is 2.18. The summed E-state index contributed by atoms with van der Waals surface area (Å²) in [5.41, 5.74) is 0. The predicted molar refractivity (Wildman–Crippen MR) is 107 cm³/mol. The van der Waals surface area contributed by atoms with Crippen molar-refractivity contribution >= 4 is 41.7 Å². The normalized spacial score (nSPS) is 17.4. The zero-order chi connectivity index (χ0) is 14.6. The second-order valence-electron chi connectivity index (χ2n) is 5.66. The van der Waals surface area contributed by atoms with Gasteiger partial charge in [0, 0.05) is 20.1 Å². The molecule has 0 spiro atoms. The molecule has 1 fully saturated rings. The van der Waals surface area contributed by atoms with Crippen LogP contribution >= 0.6 is 35.7 Å². The van der Waals surface area contributed by atoms with Crippen molar-refractivity contribution in [3.63, 3.8) is 0 Å². The molecule has 21 heavy (non-hydrogen) atoms. The Morgan fingerprint density at radius 3 is 2.48 bits per heavy atom. The Bertz CT molecular complexity index is 268. The second kappa shape index (κ2) is 13.9. The summed E-state index contributed by atoms with van der Waals surface area (Å²) in [7, 11) is 4.07. The van der Waals surface area contributed by atoms with Crippen LogP contribution in [0.2, 0.25) is 0 Å². The van der Waals surface area contributed by atoms with Gasteiger partial charge in [0.05, 0.1) is 0 Å². The van der Waals surface area contributed by atoms with Crippen molar-refractivity contribution in [1.29, 1.82) is 0 Å². The van der Waals surface area contributed by atoms with Gasteiger partial charge in [-0.1, -0.05) is 0 Å². The molecule has 0 aromatic carbocycles. The molecule has 6 heteroatoms. The zero-order valence-electron chi connectivity index (χ0n) is 13.9. The third-order valence-corrected chi connectivity index (χ3v) is 4.67. The van der Waals surface area contributed by atoms with E-state index in [1.807, 2.05) is 18.8 Å². The summed E-state index contributed by atoms with van der Waals surface area (Å²) in [6.45, 7) is 4.58. The number of piperidine rings is 1. The van der Waals surface area contributed by atoms with Crippen LogP contribution in [0.1, 0.15) is 32.1 Å². The first-order valence-corrected chi connectivity index (χ1v) is 9.27. The number of likely N-dealkylation sites (tertiary alicyclic amines) is 1. The van der Waals surface area contributed by atoms with Crippen LogP contribution in [0.25, 0.3) is 0 Å². The standard InChI is InChI=1S/C15H32N4S.HI/c1-16-15(17-9-4-5-13-20-3)18-10-6-14-7-11-19(2)12-8-14;/h14H,4-13H2,1-3H3,(H2,16,17,18);1H. The average molecular weight is 428 g/mol. The fourth-order valence-electron chi connectivity index (χ4n) is 2.54. The molecule has 0 bridgehead atoms.